The smallest absolute Gasteiger partial charge is 0.312 e. The molecule has 0 unspecified atom stereocenters. The second-order valence-electron chi connectivity index (χ2n) is 5.14. The van der Waals surface area contributed by atoms with E-state index in [4.69, 9.17) is 10.5 Å². The highest BCUT2D eigenvalue weighted by Gasteiger charge is 2.20. The minimum atomic E-state index is -0.757. The Morgan fingerprint density at radius 1 is 1.21 bits per heavy atom. The first-order valence-corrected chi connectivity index (χ1v) is 7.45. The predicted molar refractivity (Wildman–Crippen MR) is 89.3 cm³/mol. The molecule has 3 amide bonds. The van der Waals surface area contributed by atoms with Crippen LogP contribution in [-0.2, 0) is 17.8 Å². The number of nitrogens with two attached hydrogens (primary N) is 1. The van der Waals surface area contributed by atoms with E-state index in [0.29, 0.717) is 12.3 Å². The highest BCUT2D eigenvalue weighted by molar-refractivity contribution is 5.86. The minimum absolute atomic E-state index is 0.238. The molecule has 1 aromatic heterocycles. The van der Waals surface area contributed by atoms with Gasteiger partial charge in [0.2, 0.25) is 11.8 Å². The zero-order chi connectivity index (χ0) is 17.4. The van der Waals surface area contributed by atoms with E-state index in [0.717, 1.165) is 11.1 Å². The van der Waals surface area contributed by atoms with Crippen LogP contribution < -0.4 is 21.1 Å². The van der Waals surface area contributed by atoms with Crippen molar-refractivity contribution in [3.63, 3.8) is 0 Å². The molecule has 0 saturated carbocycles. The SMILES string of the molecule is COc1ncccc1CNC(=O)[C@@H](Cc1ccccc1)NC(N)=O. The Hall–Kier alpha value is -3.09. The number of primary amides is 1. The molecule has 0 radical (unpaired) electrons. The largest absolute Gasteiger partial charge is 0.481 e. The quantitative estimate of drug-likeness (QED) is 0.704. The fourth-order valence-electron chi connectivity index (χ4n) is 2.28. The highest BCUT2D eigenvalue weighted by Crippen LogP contribution is 2.13. The Kier molecular flexibility index (Phi) is 6.13. The molecule has 0 spiro atoms. The third kappa shape index (κ3) is 4.98. The molecule has 0 aliphatic rings. The van der Waals surface area contributed by atoms with Gasteiger partial charge in [-0.25, -0.2) is 9.78 Å². The summed E-state index contributed by atoms with van der Waals surface area (Å²) in [6, 6.07) is 11.4. The molecule has 0 fully saturated rings. The van der Waals surface area contributed by atoms with Gasteiger partial charge in [0.1, 0.15) is 6.04 Å². The lowest BCUT2D eigenvalue weighted by Crippen LogP contribution is -2.49. The van der Waals surface area contributed by atoms with Crippen LogP contribution in [0.5, 0.6) is 5.88 Å². The zero-order valence-electron chi connectivity index (χ0n) is 13.4. The third-order valence-electron chi connectivity index (χ3n) is 3.41. The molecular formula is C17H20N4O3. The average Bonchev–Trinajstić information content (AvgIpc) is 2.60. The van der Waals surface area contributed by atoms with Gasteiger partial charge in [-0.15, -0.1) is 0 Å². The fraction of sp³-hybridized carbons (Fsp3) is 0.235. The maximum Gasteiger partial charge on any atom is 0.312 e. The van der Waals surface area contributed by atoms with Crippen molar-refractivity contribution in [3.8, 4) is 5.88 Å². The summed E-state index contributed by atoms with van der Waals surface area (Å²) in [7, 11) is 1.51. The number of hydrogen-bond acceptors (Lipinski definition) is 4. The molecule has 7 nitrogen and oxygen atoms in total. The first-order valence-electron chi connectivity index (χ1n) is 7.45. The van der Waals surface area contributed by atoms with E-state index in [2.05, 4.69) is 15.6 Å². The average molecular weight is 328 g/mol. The molecule has 2 aromatic rings. The van der Waals surface area contributed by atoms with E-state index >= 15 is 0 Å². The van der Waals surface area contributed by atoms with Crippen molar-refractivity contribution in [2.45, 2.75) is 19.0 Å². The molecule has 1 aromatic carbocycles. The predicted octanol–water partition coefficient (Wildman–Crippen LogP) is 0.986. The second-order valence-corrected chi connectivity index (χ2v) is 5.14. The zero-order valence-corrected chi connectivity index (χ0v) is 13.4. The Balaban J connectivity index is 2.03. The van der Waals surface area contributed by atoms with Crippen molar-refractivity contribution in [1.29, 1.82) is 0 Å². The van der Waals surface area contributed by atoms with Crippen molar-refractivity contribution < 1.29 is 14.3 Å². The molecular weight excluding hydrogens is 308 g/mol. The number of amides is 3. The van der Waals surface area contributed by atoms with E-state index < -0.39 is 12.1 Å². The topological polar surface area (TPSA) is 106 Å². The van der Waals surface area contributed by atoms with Crippen LogP contribution >= 0.6 is 0 Å². The first-order chi connectivity index (χ1) is 11.6. The lowest BCUT2D eigenvalue weighted by molar-refractivity contribution is -0.123. The number of carbonyl (C=O) groups is 2. The highest BCUT2D eigenvalue weighted by atomic mass is 16.5. The molecule has 24 heavy (non-hydrogen) atoms. The summed E-state index contributed by atoms with van der Waals surface area (Å²) < 4.78 is 5.15. The number of rotatable bonds is 7. The van der Waals surface area contributed by atoms with E-state index in [9.17, 15) is 9.59 Å². The van der Waals surface area contributed by atoms with Gasteiger partial charge in [0.25, 0.3) is 0 Å². The van der Waals surface area contributed by atoms with Crippen LogP contribution in [0.25, 0.3) is 0 Å². The summed E-state index contributed by atoms with van der Waals surface area (Å²) in [5.41, 5.74) is 6.84. The van der Waals surface area contributed by atoms with E-state index in [1.165, 1.54) is 7.11 Å². The molecule has 4 N–H and O–H groups in total. The van der Waals surface area contributed by atoms with E-state index in [1.807, 2.05) is 30.3 Å². The van der Waals surface area contributed by atoms with Gasteiger partial charge in [-0.3, -0.25) is 4.79 Å². The van der Waals surface area contributed by atoms with E-state index in [-0.39, 0.29) is 12.5 Å². The Morgan fingerprint density at radius 2 is 1.96 bits per heavy atom. The van der Waals surface area contributed by atoms with Crippen molar-refractivity contribution in [1.82, 2.24) is 15.6 Å². The molecule has 0 bridgehead atoms. The number of benzene rings is 1. The van der Waals surface area contributed by atoms with Gasteiger partial charge in [0, 0.05) is 24.7 Å². The summed E-state index contributed by atoms with van der Waals surface area (Å²) in [4.78, 5) is 27.7. The van der Waals surface area contributed by atoms with Crippen LogP contribution in [0.1, 0.15) is 11.1 Å². The Labute approximate surface area is 140 Å². The number of urea groups is 1. The maximum atomic E-state index is 12.4. The number of methoxy groups -OCH3 is 1. The van der Waals surface area contributed by atoms with Crippen LogP contribution in [0, 0.1) is 0 Å². The molecule has 126 valence electrons. The van der Waals surface area contributed by atoms with Crippen LogP contribution in [0.3, 0.4) is 0 Å². The molecule has 1 atom stereocenters. The number of pyridine rings is 1. The maximum absolute atomic E-state index is 12.4. The van der Waals surface area contributed by atoms with Gasteiger partial charge in [-0.1, -0.05) is 36.4 Å². The molecule has 1 heterocycles. The van der Waals surface area contributed by atoms with Gasteiger partial charge >= 0.3 is 6.03 Å². The number of nitrogens with one attached hydrogen (secondary N) is 2. The Bertz CT molecular complexity index is 691. The lowest BCUT2D eigenvalue weighted by atomic mass is 10.1. The van der Waals surface area contributed by atoms with Crippen molar-refractivity contribution >= 4 is 11.9 Å². The fourth-order valence-corrected chi connectivity index (χ4v) is 2.28. The van der Waals surface area contributed by atoms with Gasteiger partial charge in [0.05, 0.1) is 7.11 Å². The van der Waals surface area contributed by atoms with Crippen molar-refractivity contribution in [3.05, 3.63) is 59.8 Å². The van der Waals surface area contributed by atoms with Crippen LogP contribution in [0.4, 0.5) is 4.79 Å². The van der Waals surface area contributed by atoms with Crippen LogP contribution in [-0.4, -0.2) is 30.1 Å². The number of nitrogens with zero attached hydrogens (tertiary/aromatic N) is 1. The molecule has 0 aliphatic carbocycles. The third-order valence-corrected chi connectivity index (χ3v) is 3.41. The van der Waals surface area contributed by atoms with Crippen LogP contribution in [0.2, 0.25) is 0 Å². The number of ether oxygens (including phenoxy) is 1. The van der Waals surface area contributed by atoms with Crippen molar-refractivity contribution in [2.24, 2.45) is 5.73 Å². The number of carbonyl (C=O) groups excluding carboxylic acids is 2. The summed E-state index contributed by atoms with van der Waals surface area (Å²) >= 11 is 0. The standard InChI is InChI=1S/C17H20N4O3/c1-24-16-13(8-5-9-19-16)11-20-15(22)14(21-17(18)23)10-12-6-3-2-4-7-12/h2-9,14H,10-11H2,1H3,(H,20,22)(H3,18,21,23)/t14-/m1/s1. The van der Waals surface area contributed by atoms with Gasteiger partial charge in [-0.05, 0) is 11.6 Å². The summed E-state index contributed by atoms with van der Waals surface area (Å²) in [6.45, 7) is 0.238. The number of aromatic nitrogens is 1. The molecule has 7 heteroatoms. The summed E-state index contributed by atoms with van der Waals surface area (Å²) in [6.07, 6.45) is 1.96. The van der Waals surface area contributed by atoms with Crippen molar-refractivity contribution in [2.75, 3.05) is 7.11 Å². The number of hydrogen-bond donors (Lipinski definition) is 3. The summed E-state index contributed by atoms with van der Waals surface area (Å²) in [5, 5.41) is 5.24. The monoisotopic (exact) mass is 328 g/mol. The Morgan fingerprint density at radius 3 is 2.62 bits per heavy atom. The minimum Gasteiger partial charge on any atom is -0.481 e. The van der Waals surface area contributed by atoms with Gasteiger partial charge < -0.3 is 21.1 Å². The first kappa shape index (κ1) is 17.3. The summed E-state index contributed by atoms with van der Waals surface area (Å²) in [5.74, 6) is 0.115. The van der Waals surface area contributed by atoms with Crippen LogP contribution in [0.15, 0.2) is 48.7 Å². The molecule has 0 saturated heterocycles. The molecule has 2 rings (SSSR count). The van der Waals surface area contributed by atoms with Gasteiger partial charge in [0.15, 0.2) is 0 Å². The van der Waals surface area contributed by atoms with E-state index in [1.54, 1.807) is 18.3 Å². The second kappa shape index (κ2) is 8.52. The van der Waals surface area contributed by atoms with Gasteiger partial charge in [-0.2, -0.15) is 0 Å². The molecule has 0 aliphatic heterocycles. The lowest BCUT2D eigenvalue weighted by Gasteiger charge is -2.18. The normalized spacial score (nSPS) is 11.4.